The molecule has 2 N–H and O–H groups in total. The van der Waals surface area contributed by atoms with Gasteiger partial charge in [-0.1, -0.05) is 0 Å². The summed E-state index contributed by atoms with van der Waals surface area (Å²) in [4.78, 5) is 23.7. The van der Waals surface area contributed by atoms with Crippen molar-refractivity contribution in [3.63, 3.8) is 0 Å². The van der Waals surface area contributed by atoms with Gasteiger partial charge >= 0.3 is 0 Å². The Morgan fingerprint density at radius 2 is 2.15 bits per heavy atom. The molecule has 0 aromatic carbocycles. The van der Waals surface area contributed by atoms with Crippen molar-refractivity contribution >= 4 is 23.4 Å². The van der Waals surface area contributed by atoms with E-state index in [1.807, 2.05) is 0 Å². The van der Waals surface area contributed by atoms with Crippen LogP contribution in [0.5, 0.6) is 0 Å². The highest BCUT2D eigenvalue weighted by Crippen LogP contribution is 2.16. The van der Waals surface area contributed by atoms with E-state index in [1.165, 1.54) is 4.90 Å². The van der Waals surface area contributed by atoms with Crippen LogP contribution in [0.25, 0.3) is 0 Å². The Balaban J connectivity index is 2.67. The van der Waals surface area contributed by atoms with E-state index in [-0.39, 0.29) is 11.8 Å². The van der Waals surface area contributed by atoms with E-state index in [0.29, 0.717) is 13.0 Å². The maximum atomic E-state index is 11.3. The summed E-state index contributed by atoms with van der Waals surface area (Å²) in [6.45, 7) is 0.596. The number of carbonyl (C=O) groups is 2. The second-order valence-electron chi connectivity index (χ2n) is 3.13. The largest absolute Gasteiger partial charge is 0.368 e. The molecule has 0 aliphatic carbocycles. The molecule has 1 aliphatic rings. The zero-order chi connectivity index (χ0) is 9.84. The normalized spacial score (nSPS) is 22.8. The Kier molecular flexibility index (Phi) is 3.54. The van der Waals surface area contributed by atoms with Crippen molar-refractivity contribution in [1.82, 2.24) is 4.90 Å². The zero-order valence-corrected chi connectivity index (χ0v) is 8.09. The molecule has 0 saturated carbocycles. The van der Waals surface area contributed by atoms with Gasteiger partial charge in [-0.05, 0) is 19.3 Å². The molecule has 0 unspecified atom stereocenters. The van der Waals surface area contributed by atoms with Gasteiger partial charge in [0.15, 0.2) is 0 Å². The Hall–Kier alpha value is -0.770. The molecule has 1 rings (SSSR count). The molecule has 4 nitrogen and oxygen atoms in total. The van der Waals surface area contributed by atoms with Crippen LogP contribution in [-0.4, -0.2) is 35.2 Å². The van der Waals surface area contributed by atoms with E-state index in [1.54, 1.807) is 0 Å². The number of carbonyl (C=O) groups excluding carboxylic acids is 2. The Morgan fingerprint density at radius 3 is 2.69 bits per heavy atom. The highest BCUT2D eigenvalue weighted by Gasteiger charge is 2.29. The highest BCUT2D eigenvalue weighted by atomic mass is 35.5. The summed E-state index contributed by atoms with van der Waals surface area (Å²) in [6, 6.07) is -0.444. The van der Waals surface area contributed by atoms with Crippen molar-refractivity contribution in [2.24, 2.45) is 5.73 Å². The average Bonchev–Trinajstić information content (AvgIpc) is 2.16. The molecule has 1 fully saturated rings. The van der Waals surface area contributed by atoms with E-state index in [2.05, 4.69) is 0 Å². The van der Waals surface area contributed by atoms with Crippen molar-refractivity contribution in [2.45, 2.75) is 25.3 Å². The summed E-state index contributed by atoms with van der Waals surface area (Å²) >= 11 is 5.41. The van der Waals surface area contributed by atoms with E-state index < -0.39 is 11.9 Å². The predicted octanol–water partition coefficient (Wildman–Crippen LogP) is 0.0916. The van der Waals surface area contributed by atoms with Gasteiger partial charge in [-0.3, -0.25) is 9.59 Å². The number of halogens is 1. The van der Waals surface area contributed by atoms with Crippen LogP contribution in [-0.2, 0) is 9.59 Å². The van der Waals surface area contributed by atoms with Crippen molar-refractivity contribution < 1.29 is 9.59 Å². The number of alkyl halides is 1. The van der Waals surface area contributed by atoms with Gasteiger partial charge in [0.05, 0.1) is 0 Å². The molecule has 1 atom stereocenters. The molecule has 74 valence electrons. The van der Waals surface area contributed by atoms with Crippen LogP contribution in [0.1, 0.15) is 19.3 Å². The lowest BCUT2D eigenvalue weighted by atomic mass is 10.0. The predicted molar refractivity (Wildman–Crippen MR) is 49.3 cm³/mol. The molecule has 1 heterocycles. The third-order valence-electron chi connectivity index (χ3n) is 2.27. The minimum absolute atomic E-state index is 0.0796. The first-order valence-corrected chi connectivity index (χ1v) is 4.85. The highest BCUT2D eigenvalue weighted by molar-refractivity contribution is 6.27. The molecule has 0 spiro atoms. The first-order chi connectivity index (χ1) is 6.16. The molecular formula is C8H13ClN2O2. The zero-order valence-electron chi connectivity index (χ0n) is 7.33. The summed E-state index contributed by atoms with van der Waals surface area (Å²) in [6.07, 6.45) is 2.53. The van der Waals surface area contributed by atoms with Crippen LogP contribution in [0.2, 0.25) is 0 Å². The standard InChI is InChI=1S/C8H13ClN2O2/c9-5-7(12)11-4-2-1-3-6(11)8(10)13/h6H,1-5H2,(H2,10,13)/t6-/m0/s1. The molecule has 0 bridgehead atoms. The maximum Gasteiger partial charge on any atom is 0.240 e. The van der Waals surface area contributed by atoms with E-state index in [0.717, 1.165) is 12.8 Å². The van der Waals surface area contributed by atoms with Gasteiger partial charge in [-0.15, -0.1) is 11.6 Å². The van der Waals surface area contributed by atoms with Crippen LogP contribution in [0.4, 0.5) is 0 Å². The number of rotatable bonds is 2. The van der Waals surface area contributed by atoms with Gasteiger partial charge in [0.25, 0.3) is 0 Å². The number of likely N-dealkylation sites (tertiary alicyclic amines) is 1. The molecule has 1 saturated heterocycles. The smallest absolute Gasteiger partial charge is 0.240 e. The van der Waals surface area contributed by atoms with Gasteiger partial charge in [0.2, 0.25) is 11.8 Å². The van der Waals surface area contributed by atoms with Gasteiger partial charge in [-0.25, -0.2) is 0 Å². The first kappa shape index (κ1) is 10.3. The molecule has 2 amide bonds. The van der Waals surface area contributed by atoms with E-state index in [9.17, 15) is 9.59 Å². The Morgan fingerprint density at radius 1 is 1.46 bits per heavy atom. The number of amides is 2. The fourth-order valence-corrected chi connectivity index (χ4v) is 1.76. The number of nitrogens with two attached hydrogens (primary N) is 1. The van der Waals surface area contributed by atoms with E-state index in [4.69, 9.17) is 17.3 Å². The molecule has 5 heteroatoms. The molecule has 0 radical (unpaired) electrons. The lowest BCUT2D eigenvalue weighted by Crippen LogP contribution is -2.50. The number of primary amides is 1. The minimum Gasteiger partial charge on any atom is -0.368 e. The maximum absolute atomic E-state index is 11.3. The fraction of sp³-hybridized carbons (Fsp3) is 0.750. The third-order valence-corrected chi connectivity index (χ3v) is 2.49. The monoisotopic (exact) mass is 204 g/mol. The Labute approximate surface area is 82.0 Å². The average molecular weight is 205 g/mol. The minimum atomic E-state index is -0.444. The molecule has 0 aromatic heterocycles. The Bertz CT molecular complexity index is 220. The van der Waals surface area contributed by atoms with Gasteiger partial charge in [-0.2, -0.15) is 0 Å². The SMILES string of the molecule is NC(=O)[C@@H]1CCCCN1C(=O)CCl. The van der Waals surface area contributed by atoms with Gasteiger partial charge in [0.1, 0.15) is 11.9 Å². The van der Waals surface area contributed by atoms with Gasteiger partial charge < -0.3 is 10.6 Å². The summed E-state index contributed by atoms with van der Waals surface area (Å²) in [5, 5.41) is 0. The van der Waals surface area contributed by atoms with Gasteiger partial charge in [0, 0.05) is 6.54 Å². The first-order valence-electron chi connectivity index (χ1n) is 4.31. The number of hydrogen-bond donors (Lipinski definition) is 1. The summed E-state index contributed by atoms with van der Waals surface area (Å²) in [7, 11) is 0. The van der Waals surface area contributed by atoms with Crippen molar-refractivity contribution in [3.05, 3.63) is 0 Å². The van der Waals surface area contributed by atoms with Crippen LogP contribution >= 0.6 is 11.6 Å². The second-order valence-corrected chi connectivity index (χ2v) is 3.40. The van der Waals surface area contributed by atoms with Crippen molar-refractivity contribution in [2.75, 3.05) is 12.4 Å². The lowest BCUT2D eigenvalue weighted by molar-refractivity contribution is -0.139. The van der Waals surface area contributed by atoms with Crippen molar-refractivity contribution in [3.8, 4) is 0 Å². The molecular weight excluding hydrogens is 192 g/mol. The van der Waals surface area contributed by atoms with Crippen LogP contribution < -0.4 is 5.73 Å². The lowest BCUT2D eigenvalue weighted by Gasteiger charge is -2.33. The summed E-state index contributed by atoms with van der Waals surface area (Å²) in [5.41, 5.74) is 5.17. The fourth-order valence-electron chi connectivity index (χ4n) is 1.60. The summed E-state index contributed by atoms with van der Waals surface area (Å²) in [5.74, 6) is -0.715. The molecule has 13 heavy (non-hydrogen) atoms. The molecule has 0 aromatic rings. The van der Waals surface area contributed by atoms with Crippen LogP contribution in [0.15, 0.2) is 0 Å². The third kappa shape index (κ3) is 2.34. The summed E-state index contributed by atoms with van der Waals surface area (Å²) < 4.78 is 0. The number of piperidine rings is 1. The van der Waals surface area contributed by atoms with Crippen LogP contribution in [0, 0.1) is 0 Å². The molecule has 1 aliphatic heterocycles. The quantitative estimate of drug-likeness (QED) is 0.648. The van der Waals surface area contributed by atoms with Crippen molar-refractivity contribution in [1.29, 1.82) is 0 Å². The van der Waals surface area contributed by atoms with E-state index >= 15 is 0 Å². The second kappa shape index (κ2) is 4.46. The number of nitrogens with zero attached hydrogens (tertiary/aromatic N) is 1. The number of hydrogen-bond acceptors (Lipinski definition) is 2. The van der Waals surface area contributed by atoms with Crippen LogP contribution in [0.3, 0.4) is 0 Å². The topological polar surface area (TPSA) is 63.4 Å².